The van der Waals surface area contributed by atoms with Crippen molar-refractivity contribution in [2.45, 2.75) is 6.43 Å². The molecule has 0 aliphatic carbocycles. The number of carbonyl (C=O) groups is 1. The van der Waals surface area contributed by atoms with Gasteiger partial charge >= 0.3 is 0 Å². The summed E-state index contributed by atoms with van der Waals surface area (Å²) >= 11 is 1.70. The van der Waals surface area contributed by atoms with Crippen molar-refractivity contribution in [3.05, 3.63) is 20.9 Å². The normalized spacial score (nSPS) is 10.6. The Kier molecular flexibility index (Phi) is 3.19. The zero-order valence-electron chi connectivity index (χ0n) is 6.80. The Balaban J connectivity index is 3.34. The quantitative estimate of drug-likeness (QED) is 0.638. The number of primary amides is 1. The largest absolute Gasteiger partial charge is 0.383 e. The number of anilines is 1. The fraction of sp³-hybridized carbons (Fsp3) is 0.143. The average Bonchev–Trinajstić information content (AvgIpc) is 2.02. The van der Waals surface area contributed by atoms with Gasteiger partial charge in [-0.15, -0.1) is 0 Å². The van der Waals surface area contributed by atoms with Gasteiger partial charge in [0.2, 0.25) is 0 Å². The number of rotatable bonds is 2. The second kappa shape index (κ2) is 4.03. The van der Waals surface area contributed by atoms with Crippen molar-refractivity contribution < 1.29 is 13.6 Å². The average molecular weight is 313 g/mol. The molecule has 7 heteroatoms. The number of nitrogens with two attached hydrogens (primary N) is 2. The molecule has 0 saturated heterocycles. The zero-order chi connectivity index (χ0) is 10.9. The molecule has 0 aliphatic rings. The minimum Gasteiger partial charge on any atom is -0.383 e. The Morgan fingerprint density at radius 3 is 2.57 bits per heavy atom. The first kappa shape index (κ1) is 11.1. The third-order valence-electron chi connectivity index (χ3n) is 1.54. The van der Waals surface area contributed by atoms with Gasteiger partial charge in [0.05, 0.1) is 11.1 Å². The van der Waals surface area contributed by atoms with Gasteiger partial charge in [0.15, 0.2) is 0 Å². The molecule has 1 rings (SSSR count). The van der Waals surface area contributed by atoms with E-state index >= 15 is 0 Å². The third kappa shape index (κ3) is 2.08. The van der Waals surface area contributed by atoms with Crippen molar-refractivity contribution in [2.24, 2.45) is 5.73 Å². The second-order valence-corrected chi connectivity index (χ2v) is 3.49. The number of carbonyl (C=O) groups excluding carboxylic acids is 1. The molecular weight excluding hydrogens is 307 g/mol. The number of alkyl halides is 2. The summed E-state index contributed by atoms with van der Waals surface area (Å²) in [6.07, 6.45) is -2.77. The predicted octanol–water partition coefficient (Wildman–Crippen LogP) is 1.30. The third-order valence-corrected chi connectivity index (χ3v) is 2.36. The molecule has 1 heterocycles. The molecule has 76 valence electrons. The molecule has 0 radical (unpaired) electrons. The summed E-state index contributed by atoms with van der Waals surface area (Å²) < 4.78 is 24.9. The van der Waals surface area contributed by atoms with Gasteiger partial charge in [-0.3, -0.25) is 4.79 Å². The highest BCUT2D eigenvalue weighted by molar-refractivity contribution is 14.1. The van der Waals surface area contributed by atoms with E-state index in [4.69, 9.17) is 11.5 Å². The van der Waals surface area contributed by atoms with Gasteiger partial charge in [0.1, 0.15) is 9.52 Å². The van der Waals surface area contributed by atoms with Crippen molar-refractivity contribution in [1.29, 1.82) is 0 Å². The number of hydrogen-bond acceptors (Lipinski definition) is 3. The topological polar surface area (TPSA) is 82.0 Å². The van der Waals surface area contributed by atoms with Crippen LogP contribution in [-0.2, 0) is 0 Å². The Hall–Kier alpha value is -0.990. The van der Waals surface area contributed by atoms with Crippen molar-refractivity contribution in [1.82, 2.24) is 4.98 Å². The van der Waals surface area contributed by atoms with E-state index in [0.29, 0.717) is 0 Å². The van der Waals surface area contributed by atoms with Gasteiger partial charge in [-0.25, -0.2) is 13.8 Å². The SMILES string of the molecule is NC(=O)c1cc(C(F)F)c(N)nc1I. The van der Waals surface area contributed by atoms with Gasteiger partial charge in [-0.05, 0) is 28.7 Å². The fourth-order valence-electron chi connectivity index (χ4n) is 0.867. The minimum absolute atomic E-state index is 0.0462. The maximum absolute atomic E-state index is 12.3. The van der Waals surface area contributed by atoms with Gasteiger partial charge in [-0.1, -0.05) is 0 Å². The van der Waals surface area contributed by atoms with Crippen LogP contribution in [0.1, 0.15) is 22.3 Å². The van der Waals surface area contributed by atoms with E-state index in [2.05, 4.69) is 4.98 Å². The van der Waals surface area contributed by atoms with E-state index in [1.54, 1.807) is 22.6 Å². The van der Waals surface area contributed by atoms with Crippen molar-refractivity contribution in [3.8, 4) is 0 Å². The lowest BCUT2D eigenvalue weighted by molar-refractivity contribution is 0.0998. The second-order valence-electron chi connectivity index (χ2n) is 2.47. The molecule has 0 atom stereocenters. The molecule has 0 saturated carbocycles. The van der Waals surface area contributed by atoms with E-state index in [0.717, 1.165) is 6.07 Å². The fourth-order valence-corrected chi connectivity index (χ4v) is 1.55. The van der Waals surface area contributed by atoms with Crippen LogP contribution in [0, 0.1) is 3.70 Å². The standard InChI is InChI=1S/C7H6F2IN3O/c8-4(9)2-1-3(7(12)14)5(10)13-6(2)11/h1,4H,(H2,11,13)(H2,12,14). The van der Waals surface area contributed by atoms with E-state index in [-0.39, 0.29) is 15.1 Å². The first-order valence-electron chi connectivity index (χ1n) is 3.47. The number of hydrogen-bond donors (Lipinski definition) is 2. The van der Waals surface area contributed by atoms with Crippen LogP contribution in [0.5, 0.6) is 0 Å². The molecule has 0 spiro atoms. The van der Waals surface area contributed by atoms with Crippen LogP contribution in [0.4, 0.5) is 14.6 Å². The Morgan fingerprint density at radius 2 is 2.14 bits per heavy atom. The number of pyridine rings is 1. The number of nitrogen functional groups attached to an aromatic ring is 1. The van der Waals surface area contributed by atoms with E-state index in [9.17, 15) is 13.6 Å². The van der Waals surface area contributed by atoms with Crippen LogP contribution in [0.2, 0.25) is 0 Å². The van der Waals surface area contributed by atoms with E-state index in [1.807, 2.05) is 0 Å². The number of aromatic nitrogens is 1. The van der Waals surface area contributed by atoms with Gasteiger partial charge < -0.3 is 11.5 Å². The molecule has 4 nitrogen and oxygen atoms in total. The number of nitrogens with zero attached hydrogens (tertiary/aromatic N) is 1. The lowest BCUT2D eigenvalue weighted by Crippen LogP contribution is -2.15. The van der Waals surface area contributed by atoms with Gasteiger partial charge in [0, 0.05) is 0 Å². The number of halogens is 3. The molecule has 1 aromatic rings. The Labute approximate surface area is 91.8 Å². The summed E-state index contributed by atoms with van der Waals surface area (Å²) in [5, 5.41) is 0. The molecule has 0 aromatic carbocycles. The predicted molar refractivity (Wildman–Crippen MR) is 54.8 cm³/mol. The molecule has 0 aliphatic heterocycles. The van der Waals surface area contributed by atoms with Gasteiger partial charge in [0.25, 0.3) is 12.3 Å². The zero-order valence-corrected chi connectivity index (χ0v) is 8.96. The monoisotopic (exact) mass is 313 g/mol. The molecule has 14 heavy (non-hydrogen) atoms. The summed E-state index contributed by atoms with van der Waals surface area (Å²) in [5.41, 5.74) is 9.69. The summed E-state index contributed by atoms with van der Waals surface area (Å²) in [7, 11) is 0. The molecule has 0 unspecified atom stereocenters. The Morgan fingerprint density at radius 1 is 1.57 bits per heavy atom. The molecule has 1 aromatic heterocycles. The highest BCUT2D eigenvalue weighted by Crippen LogP contribution is 2.26. The lowest BCUT2D eigenvalue weighted by Gasteiger charge is -2.06. The maximum atomic E-state index is 12.3. The van der Waals surface area contributed by atoms with Crippen molar-refractivity contribution in [2.75, 3.05) is 5.73 Å². The molecule has 0 bridgehead atoms. The van der Waals surface area contributed by atoms with Gasteiger partial charge in [-0.2, -0.15) is 0 Å². The molecule has 4 N–H and O–H groups in total. The summed E-state index contributed by atoms with van der Waals surface area (Å²) in [4.78, 5) is 14.4. The summed E-state index contributed by atoms with van der Waals surface area (Å²) in [6.45, 7) is 0. The van der Waals surface area contributed by atoms with Crippen LogP contribution in [0.25, 0.3) is 0 Å². The van der Waals surface area contributed by atoms with Crippen molar-refractivity contribution in [3.63, 3.8) is 0 Å². The lowest BCUT2D eigenvalue weighted by atomic mass is 10.2. The van der Waals surface area contributed by atoms with E-state index < -0.39 is 17.9 Å². The van der Waals surface area contributed by atoms with Crippen LogP contribution >= 0.6 is 22.6 Å². The smallest absolute Gasteiger partial charge is 0.267 e. The Bertz CT molecular complexity index is 383. The van der Waals surface area contributed by atoms with Crippen LogP contribution in [-0.4, -0.2) is 10.9 Å². The summed E-state index contributed by atoms with van der Waals surface area (Å²) in [5.74, 6) is -1.08. The summed E-state index contributed by atoms with van der Waals surface area (Å²) in [6, 6.07) is 0.969. The van der Waals surface area contributed by atoms with Crippen molar-refractivity contribution >= 4 is 34.3 Å². The molecule has 0 fully saturated rings. The van der Waals surface area contributed by atoms with Crippen LogP contribution < -0.4 is 11.5 Å². The highest BCUT2D eigenvalue weighted by atomic mass is 127. The van der Waals surface area contributed by atoms with Crippen LogP contribution in [0.15, 0.2) is 6.07 Å². The number of amides is 1. The molecule has 1 amide bonds. The molecular formula is C7H6F2IN3O. The minimum atomic E-state index is -2.77. The maximum Gasteiger partial charge on any atom is 0.267 e. The van der Waals surface area contributed by atoms with E-state index in [1.165, 1.54) is 0 Å². The first-order valence-corrected chi connectivity index (χ1v) is 4.55. The highest BCUT2D eigenvalue weighted by Gasteiger charge is 2.17. The van der Waals surface area contributed by atoms with Crippen LogP contribution in [0.3, 0.4) is 0 Å². The first-order chi connectivity index (χ1) is 6.43.